The van der Waals surface area contributed by atoms with Gasteiger partial charge in [-0.1, -0.05) is 292 Å². The zero-order valence-electron chi connectivity index (χ0n) is 91.3. The molecule has 0 spiro atoms. The molecule has 133 heavy (non-hydrogen) atoms. The van der Waals surface area contributed by atoms with Crippen molar-refractivity contribution >= 4 is 41.4 Å². The van der Waals surface area contributed by atoms with E-state index in [1.54, 1.807) is 0 Å². The maximum absolute atomic E-state index is 6.49. The largest absolute Gasteiger partial charge is 0.457 e. The van der Waals surface area contributed by atoms with Crippen molar-refractivity contribution in [1.29, 1.82) is 0 Å². The summed E-state index contributed by atoms with van der Waals surface area (Å²) >= 11 is 0. The van der Waals surface area contributed by atoms with Crippen LogP contribution in [0.25, 0.3) is 16.7 Å². The minimum Gasteiger partial charge on any atom is -0.457 e. The second-order valence-electron chi connectivity index (χ2n) is 55.0. The van der Waals surface area contributed by atoms with Gasteiger partial charge in [-0.15, -0.1) is 0 Å². The van der Waals surface area contributed by atoms with Crippen LogP contribution in [0.5, 0.6) is 34.5 Å². The zero-order valence-corrected chi connectivity index (χ0v) is 94.3. The van der Waals surface area contributed by atoms with E-state index in [-0.39, 0.29) is 65.7 Å². The van der Waals surface area contributed by atoms with Crippen LogP contribution in [0.15, 0.2) is 211 Å². The number of rotatable bonds is 13. The van der Waals surface area contributed by atoms with Gasteiger partial charge in [0.05, 0.1) is 0 Å². The molecule has 7 aromatic carbocycles. The first-order chi connectivity index (χ1) is 60.8. The van der Waals surface area contributed by atoms with Gasteiger partial charge < -0.3 is 27.9 Å². The third kappa shape index (κ3) is 18.9. The molecule has 9 aliphatic rings. The summed E-state index contributed by atoms with van der Waals surface area (Å²) < 4.78 is 28.2. The Balaban J connectivity index is 0.000000161. The summed E-state index contributed by atoms with van der Waals surface area (Å²) in [4.78, 5) is 0. The Morgan fingerprint density at radius 3 is 0.880 bits per heavy atom. The van der Waals surface area contributed by atoms with E-state index in [0.717, 1.165) is 46.0 Å². The standard InChI is InChI=1S/C45H61NOSi.C40H59NOSi.C39H57NOSi/c1-29-40(30-18-16-15-17-19-30)36-28-39-35(27-37(36)41(29)48(13,14)46(43(5,6)7)44(8,9)10)34-25-24-33(26-38(34)45(39,11)12)47-32-22-20-31(21-23-32)42(2,3)4;1-25-26(2)36(43(14,15)41(38(6,7)8)39(9,10)11)33-23-32-30-21-20-29(22-34(30)40(12,13)35(32)24-31(25)33)42-28-18-16-27(17-19-28)37(3,4)5;1-25-21-26-22-33-32(24-31(26)35(25)42(13,14)40(37(5,6)7)38(8,9)10)30-20-19-29(23-34(30)39(33,11)12)41-28-17-15-27(16-18-28)36(2,3)4/h15-29,36-37,40-41H,1-14H3;16-26,31,33,36H,1-15H3;15-20,22-26,31,35H,21H2,1-14H3. The lowest BCUT2D eigenvalue weighted by Gasteiger charge is -2.57. The van der Waals surface area contributed by atoms with Gasteiger partial charge in [-0.3, -0.25) is 0 Å². The molecule has 0 N–H and O–H groups in total. The van der Waals surface area contributed by atoms with E-state index in [1.807, 2.05) is 0 Å². The maximum atomic E-state index is 6.49. The number of ether oxygens (including phenoxy) is 3. The average Bonchev–Trinajstić information content (AvgIpc) is 1.55. The van der Waals surface area contributed by atoms with E-state index in [9.17, 15) is 0 Å². The van der Waals surface area contributed by atoms with E-state index in [4.69, 9.17) is 14.2 Å². The van der Waals surface area contributed by atoms with Crippen LogP contribution in [0.2, 0.25) is 55.9 Å². The summed E-state index contributed by atoms with van der Waals surface area (Å²) in [6, 6.07) is 57.7. The lowest BCUT2D eigenvalue weighted by Crippen LogP contribution is -2.67. The van der Waals surface area contributed by atoms with Crippen LogP contribution < -0.4 is 14.2 Å². The first-order valence-corrected chi connectivity index (χ1v) is 60.5. The van der Waals surface area contributed by atoms with Crippen molar-refractivity contribution in [2.45, 2.75) is 390 Å². The molecule has 718 valence electrons. The van der Waals surface area contributed by atoms with Crippen molar-refractivity contribution in [2.75, 3.05) is 0 Å². The normalized spacial score (nSPS) is 25.9. The van der Waals surface area contributed by atoms with Crippen molar-refractivity contribution in [3.63, 3.8) is 0 Å². The quantitative estimate of drug-likeness (QED) is 0.107. The Labute approximate surface area is 814 Å². The molecule has 0 heterocycles. The summed E-state index contributed by atoms with van der Waals surface area (Å²) in [5, 5.41) is 0. The number of fused-ring (bicyclic) bond motifs is 12. The fourth-order valence-electron chi connectivity index (χ4n) is 30.9. The number of benzene rings is 7. The Kier molecular flexibility index (Phi) is 26.4. The van der Waals surface area contributed by atoms with E-state index >= 15 is 0 Å². The molecule has 0 aliphatic heterocycles. The molecule has 0 aromatic heterocycles. The van der Waals surface area contributed by atoms with Crippen molar-refractivity contribution in [1.82, 2.24) is 13.7 Å². The second kappa shape index (κ2) is 34.5. The first-order valence-electron chi connectivity index (χ1n) is 51.4. The van der Waals surface area contributed by atoms with Gasteiger partial charge in [0.2, 0.25) is 0 Å². The van der Waals surface area contributed by atoms with Gasteiger partial charge in [0.1, 0.15) is 59.2 Å². The van der Waals surface area contributed by atoms with Crippen LogP contribution in [0.3, 0.4) is 0 Å². The summed E-state index contributed by atoms with van der Waals surface area (Å²) in [7, 11) is -5.74. The third-order valence-electron chi connectivity index (χ3n) is 33.6. The van der Waals surface area contributed by atoms with Crippen molar-refractivity contribution in [3.05, 3.63) is 267 Å². The summed E-state index contributed by atoms with van der Waals surface area (Å²) in [6.07, 6.45) is 17.7. The monoisotopic (exact) mass is 1840 g/mol. The van der Waals surface area contributed by atoms with Crippen LogP contribution in [0.4, 0.5) is 0 Å². The molecular formula is C124H177N3O3Si3. The summed E-state index contributed by atoms with van der Waals surface area (Å²) in [6.45, 7) is 105. The summed E-state index contributed by atoms with van der Waals surface area (Å²) in [5.74, 6) is 12.0. The Bertz CT molecular complexity index is 5630. The summed E-state index contributed by atoms with van der Waals surface area (Å²) in [5.41, 5.74) is 25.8. The predicted octanol–water partition coefficient (Wildman–Crippen LogP) is 35.1. The number of nitrogens with zero attached hydrogens (tertiary/aromatic N) is 3. The predicted molar refractivity (Wildman–Crippen MR) is 581 cm³/mol. The molecule has 7 aromatic rings. The van der Waals surface area contributed by atoms with Crippen molar-refractivity contribution in [3.8, 4) is 34.5 Å². The van der Waals surface area contributed by atoms with E-state index in [1.165, 1.54) is 95.5 Å². The number of hydrogen-bond acceptors (Lipinski definition) is 6. The third-order valence-corrected chi connectivity index (χ3v) is 48.8. The van der Waals surface area contributed by atoms with Gasteiger partial charge in [-0.25, -0.2) is 0 Å². The SMILES string of the molecule is CC1C(C)C([Si](C)(C)N(C(C)(C)C)C(C)(C)C)C2C=C3C(=CC12)C(C)(C)c1cc(Oc2ccc(C(C)(C)C)cc2)ccc13.CC1C(c2ccccc2)C2C=C3C(=CC2C1[Si](C)(C)N(C(C)(C)C)C(C)(C)C)c1ccc(Oc2ccc(C(C)(C)C)cc2)cc1C3(C)C.CC1CC2C=C3C(=CC2C1[Si](C)(C)N(C(C)(C)C)C(C)(C)C)c1ccc(Oc2ccc(C(C)(C)C)cc2)cc1C3(C)C. The first kappa shape index (κ1) is 102. The van der Waals surface area contributed by atoms with Crippen molar-refractivity contribution < 1.29 is 14.2 Å². The van der Waals surface area contributed by atoms with Crippen molar-refractivity contribution in [2.24, 2.45) is 59.2 Å². The Morgan fingerprint density at radius 1 is 0.286 bits per heavy atom. The number of hydrogen-bond donors (Lipinski definition) is 0. The van der Waals surface area contributed by atoms with E-state index in [0.29, 0.717) is 70.3 Å². The highest BCUT2D eigenvalue weighted by Crippen LogP contribution is 2.69. The van der Waals surface area contributed by atoms with E-state index < -0.39 is 24.7 Å². The molecule has 14 unspecified atom stereocenters. The molecule has 0 saturated heterocycles. The molecule has 0 bridgehead atoms. The van der Waals surface area contributed by atoms with Gasteiger partial charge in [-0.2, -0.15) is 0 Å². The smallest absolute Gasteiger partial charge is 0.127 e. The van der Waals surface area contributed by atoms with Crippen LogP contribution in [0, 0.1) is 59.2 Å². The fraction of sp³-hybridized carbons (Fsp3) is 0.565. The average molecular weight is 1840 g/mol. The second-order valence-corrected chi connectivity index (χ2v) is 68.2. The fourth-order valence-corrected chi connectivity index (χ4v) is 50.6. The molecule has 6 nitrogen and oxygen atoms in total. The maximum Gasteiger partial charge on any atom is 0.127 e. The molecule has 16 rings (SSSR count). The number of allylic oxidation sites excluding steroid dienone is 12. The molecule has 0 amide bonds. The van der Waals surface area contributed by atoms with Crippen LogP contribution in [0.1, 0.15) is 324 Å². The molecule has 0 radical (unpaired) electrons. The molecule has 3 fully saturated rings. The lowest BCUT2D eigenvalue weighted by molar-refractivity contribution is 0.120. The molecule has 9 aliphatic carbocycles. The van der Waals surface area contributed by atoms with Gasteiger partial charge in [0.25, 0.3) is 0 Å². The highest BCUT2D eigenvalue weighted by molar-refractivity contribution is 6.77. The minimum atomic E-state index is -2.02. The Hall–Kier alpha value is -7.09. The van der Waals surface area contributed by atoms with Crippen LogP contribution in [-0.4, -0.2) is 71.6 Å². The van der Waals surface area contributed by atoms with Crippen LogP contribution >= 0.6 is 0 Å². The van der Waals surface area contributed by atoms with E-state index in [2.05, 4.69) is 503 Å². The van der Waals surface area contributed by atoms with Crippen LogP contribution in [-0.2, 0) is 32.5 Å². The minimum absolute atomic E-state index is 0.0290. The van der Waals surface area contributed by atoms with Gasteiger partial charge in [0, 0.05) is 49.5 Å². The molecule has 14 atom stereocenters. The van der Waals surface area contributed by atoms with Gasteiger partial charge in [0.15, 0.2) is 0 Å². The highest BCUT2D eigenvalue weighted by atomic mass is 28.3. The lowest BCUT2D eigenvalue weighted by atomic mass is 9.73. The highest BCUT2D eigenvalue weighted by Gasteiger charge is 2.63. The molecular weight excluding hydrogens is 1660 g/mol. The molecule has 9 heteroatoms. The Morgan fingerprint density at radius 2 is 0.564 bits per heavy atom. The van der Waals surface area contributed by atoms with Gasteiger partial charge >= 0.3 is 0 Å². The van der Waals surface area contributed by atoms with Gasteiger partial charge in [-0.05, 0) is 391 Å². The topological polar surface area (TPSA) is 37.4 Å². The molecule has 3 saturated carbocycles. The zero-order chi connectivity index (χ0) is 98.5.